The van der Waals surface area contributed by atoms with Crippen LogP contribution in [0.5, 0.6) is 0 Å². The van der Waals surface area contributed by atoms with Gasteiger partial charge in [-0.25, -0.2) is 9.18 Å². The van der Waals surface area contributed by atoms with E-state index in [1.54, 1.807) is 34.1 Å². The van der Waals surface area contributed by atoms with Crippen LogP contribution in [-0.2, 0) is 11.3 Å². The summed E-state index contributed by atoms with van der Waals surface area (Å²) in [5.41, 5.74) is -0.332. The standard InChI is InChI=1S/C22H20ClFN4O4/c23-17-13-14(24)5-6-15(17)21(31)27-11-9-26(10-12-27)19(29)7-8-28-18-4-2-1-3-16(18)20(30)25-22(28)32/h1-6,13H,7-12H2,(H,25,30,32). The maximum Gasteiger partial charge on any atom is 0.328 e. The van der Waals surface area contributed by atoms with E-state index < -0.39 is 17.1 Å². The van der Waals surface area contributed by atoms with Crippen molar-refractivity contribution < 1.29 is 14.0 Å². The van der Waals surface area contributed by atoms with Crippen molar-refractivity contribution in [2.45, 2.75) is 13.0 Å². The largest absolute Gasteiger partial charge is 0.339 e. The fourth-order valence-corrected chi connectivity index (χ4v) is 4.07. The third kappa shape index (κ3) is 4.29. The van der Waals surface area contributed by atoms with Crippen molar-refractivity contribution in [3.63, 3.8) is 0 Å². The summed E-state index contributed by atoms with van der Waals surface area (Å²) in [7, 11) is 0. The summed E-state index contributed by atoms with van der Waals surface area (Å²) >= 11 is 5.98. The summed E-state index contributed by atoms with van der Waals surface area (Å²) in [5.74, 6) is -0.983. The van der Waals surface area contributed by atoms with Crippen LogP contribution in [-0.4, -0.2) is 57.3 Å². The van der Waals surface area contributed by atoms with Crippen LogP contribution in [0.1, 0.15) is 16.8 Å². The van der Waals surface area contributed by atoms with Gasteiger partial charge in [-0.3, -0.25) is 23.9 Å². The van der Waals surface area contributed by atoms with E-state index in [2.05, 4.69) is 4.98 Å². The normalized spacial score (nSPS) is 14.1. The number of amides is 2. The first-order valence-electron chi connectivity index (χ1n) is 10.1. The molecule has 166 valence electrons. The molecule has 0 saturated carbocycles. The molecule has 1 fully saturated rings. The van der Waals surface area contributed by atoms with Gasteiger partial charge in [-0.15, -0.1) is 0 Å². The molecule has 0 atom stereocenters. The van der Waals surface area contributed by atoms with Crippen LogP contribution in [0.25, 0.3) is 10.9 Å². The zero-order valence-electron chi connectivity index (χ0n) is 17.0. The first-order chi connectivity index (χ1) is 15.3. The van der Waals surface area contributed by atoms with E-state index in [-0.39, 0.29) is 35.4 Å². The van der Waals surface area contributed by atoms with Gasteiger partial charge >= 0.3 is 5.69 Å². The molecule has 2 heterocycles. The second kappa shape index (κ2) is 8.96. The summed E-state index contributed by atoms with van der Waals surface area (Å²) in [6, 6.07) is 10.3. The van der Waals surface area contributed by atoms with E-state index in [0.717, 1.165) is 6.07 Å². The summed E-state index contributed by atoms with van der Waals surface area (Å²) < 4.78 is 14.6. The molecule has 1 saturated heterocycles. The molecule has 0 aliphatic carbocycles. The van der Waals surface area contributed by atoms with Gasteiger partial charge in [-0.05, 0) is 30.3 Å². The zero-order chi connectivity index (χ0) is 22.8. The van der Waals surface area contributed by atoms with Gasteiger partial charge < -0.3 is 9.80 Å². The Balaban J connectivity index is 1.39. The van der Waals surface area contributed by atoms with Gasteiger partial charge in [-0.2, -0.15) is 0 Å². The molecule has 0 radical (unpaired) electrons. The molecule has 4 rings (SSSR count). The van der Waals surface area contributed by atoms with Crippen molar-refractivity contribution in [2.75, 3.05) is 26.2 Å². The Bertz CT molecular complexity index is 1310. The molecule has 3 aromatic rings. The van der Waals surface area contributed by atoms with E-state index in [9.17, 15) is 23.6 Å². The lowest BCUT2D eigenvalue weighted by atomic mass is 10.1. The minimum Gasteiger partial charge on any atom is -0.339 e. The number of carbonyl (C=O) groups excluding carboxylic acids is 2. The van der Waals surface area contributed by atoms with Gasteiger partial charge in [0.05, 0.1) is 21.5 Å². The maximum atomic E-state index is 13.2. The first kappa shape index (κ1) is 21.8. The van der Waals surface area contributed by atoms with E-state index >= 15 is 0 Å². The SMILES string of the molecule is O=C(CCn1c(=O)[nH]c(=O)c2ccccc21)N1CCN(C(=O)c2ccc(F)cc2Cl)CC1. The molecule has 2 amide bonds. The van der Waals surface area contributed by atoms with Crippen molar-refractivity contribution in [3.05, 3.63) is 79.7 Å². The Hall–Kier alpha value is -3.46. The number of aromatic nitrogens is 2. The molecule has 2 aromatic carbocycles. The van der Waals surface area contributed by atoms with Crippen LogP contribution in [0.15, 0.2) is 52.1 Å². The number of nitrogens with one attached hydrogen (secondary N) is 1. The molecule has 0 unspecified atom stereocenters. The number of aryl methyl sites for hydroxylation is 1. The highest BCUT2D eigenvalue weighted by molar-refractivity contribution is 6.33. The summed E-state index contributed by atoms with van der Waals surface area (Å²) in [4.78, 5) is 55.0. The molecule has 1 aliphatic heterocycles. The lowest BCUT2D eigenvalue weighted by Crippen LogP contribution is -2.50. The quantitative estimate of drug-likeness (QED) is 0.645. The molecule has 10 heteroatoms. The Morgan fingerprint density at radius 1 is 1.00 bits per heavy atom. The number of carbonyl (C=O) groups is 2. The number of H-pyrrole nitrogens is 1. The van der Waals surface area contributed by atoms with Gasteiger partial charge in [0.25, 0.3) is 11.5 Å². The van der Waals surface area contributed by atoms with Gasteiger partial charge in [0.15, 0.2) is 0 Å². The molecule has 1 N–H and O–H groups in total. The Kier molecular flexibility index (Phi) is 6.09. The van der Waals surface area contributed by atoms with Crippen LogP contribution in [0.4, 0.5) is 4.39 Å². The number of para-hydroxylation sites is 1. The van der Waals surface area contributed by atoms with E-state index in [1.165, 1.54) is 16.7 Å². The first-order valence-corrected chi connectivity index (χ1v) is 10.5. The molecule has 1 aromatic heterocycles. The van der Waals surface area contributed by atoms with Crippen molar-refractivity contribution in [1.29, 1.82) is 0 Å². The average Bonchev–Trinajstić information content (AvgIpc) is 2.78. The number of nitrogens with zero attached hydrogens (tertiary/aromatic N) is 3. The molecule has 1 aliphatic rings. The Labute approximate surface area is 186 Å². The van der Waals surface area contributed by atoms with Gasteiger partial charge in [0.1, 0.15) is 5.82 Å². The fraction of sp³-hybridized carbons (Fsp3) is 0.273. The maximum absolute atomic E-state index is 13.2. The van der Waals surface area contributed by atoms with Crippen molar-refractivity contribution in [2.24, 2.45) is 0 Å². The number of rotatable bonds is 4. The second-order valence-electron chi connectivity index (χ2n) is 7.48. The van der Waals surface area contributed by atoms with Gasteiger partial charge in [0, 0.05) is 39.1 Å². The predicted octanol–water partition coefficient (Wildman–Crippen LogP) is 1.86. The molecular weight excluding hydrogens is 439 g/mol. The number of halogens is 2. The predicted molar refractivity (Wildman–Crippen MR) is 117 cm³/mol. The van der Waals surface area contributed by atoms with Crippen molar-refractivity contribution in [3.8, 4) is 0 Å². The monoisotopic (exact) mass is 458 g/mol. The van der Waals surface area contributed by atoms with E-state index in [1.807, 2.05) is 0 Å². The number of fused-ring (bicyclic) bond motifs is 1. The Morgan fingerprint density at radius 3 is 2.41 bits per heavy atom. The van der Waals surface area contributed by atoms with E-state index in [0.29, 0.717) is 37.1 Å². The highest BCUT2D eigenvalue weighted by Crippen LogP contribution is 2.20. The minimum absolute atomic E-state index is 0.0482. The van der Waals surface area contributed by atoms with Crippen LogP contribution in [0.3, 0.4) is 0 Å². The van der Waals surface area contributed by atoms with Crippen LogP contribution in [0.2, 0.25) is 5.02 Å². The highest BCUT2D eigenvalue weighted by Gasteiger charge is 2.26. The topological polar surface area (TPSA) is 95.5 Å². The zero-order valence-corrected chi connectivity index (χ0v) is 17.8. The molecule has 0 spiro atoms. The number of benzene rings is 2. The summed E-state index contributed by atoms with van der Waals surface area (Å²) in [5, 5.41) is 0.429. The minimum atomic E-state index is -0.562. The third-order valence-corrected chi connectivity index (χ3v) is 5.85. The van der Waals surface area contributed by atoms with Gasteiger partial charge in [-0.1, -0.05) is 23.7 Å². The number of hydrogen-bond donors (Lipinski definition) is 1. The summed E-state index contributed by atoms with van der Waals surface area (Å²) in [6.07, 6.45) is 0.0771. The average molecular weight is 459 g/mol. The molecule has 8 nitrogen and oxygen atoms in total. The van der Waals surface area contributed by atoms with Crippen molar-refractivity contribution in [1.82, 2.24) is 19.4 Å². The lowest BCUT2D eigenvalue weighted by Gasteiger charge is -2.35. The summed E-state index contributed by atoms with van der Waals surface area (Å²) in [6.45, 7) is 1.44. The fourth-order valence-electron chi connectivity index (χ4n) is 3.82. The van der Waals surface area contributed by atoms with Crippen LogP contribution < -0.4 is 11.2 Å². The molecule has 0 bridgehead atoms. The van der Waals surface area contributed by atoms with E-state index in [4.69, 9.17) is 11.6 Å². The Morgan fingerprint density at radius 2 is 1.69 bits per heavy atom. The lowest BCUT2D eigenvalue weighted by molar-refractivity contribution is -0.132. The number of aromatic amines is 1. The number of piperazine rings is 1. The third-order valence-electron chi connectivity index (χ3n) is 5.54. The van der Waals surface area contributed by atoms with Gasteiger partial charge in [0.2, 0.25) is 5.91 Å². The second-order valence-corrected chi connectivity index (χ2v) is 7.88. The van der Waals surface area contributed by atoms with Crippen LogP contribution >= 0.6 is 11.6 Å². The van der Waals surface area contributed by atoms with Crippen molar-refractivity contribution >= 4 is 34.3 Å². The van der Waals surface area contributed by atoms with Crippen LogP contribution in [0, 0.1) is 5.82 Å². The smallest absolute Gasteiger partial charge is 0.328 e. The molecular formula is C22H20ClFN4O4. The number of hydrogen-bond acceptors (Lipinski definition) is 4. The highest BCUT2D eigenvalue weighted by atomic mass is 35.5. The molecule has 32 heavy (non-hydrogen) atoms.